The van der Waals surface area contributed by atoms with E-state index in [-0.39, 0.29) is 17.8 Å². The van der Waals surface area contributed by atoms with E-state index in [4.69, 9.17) is 0 Å². The van der Waals surface area contributed by atoms with E-state index in [9.17, 15) is 22.4 Å². The average molecular weight is 297 g/mol. The summed E-state index contributed by atoms with van der Waals surface area (Å²) in [5, 5.41) is 0. The fourth-order valence-electron chi connectivity index (χ4n) is 1.90. The minimum absolute atomic E-state index is 0.0881. The van der Waals surface area contributed by atoms with Crippen LogP contribution in [0.25, 0.3) is 0 Å². The lowest BCUT2D eigenvalue weighted by molar-refractivity contribution is 0.0984. The third-order valence-corrected chi connectivity index (χ3v) is 2.94. The van der Waals surface area contributed by atoms with E-state index in [2.05, 4.69) is 0 Å². The number of rotatable bonds is 3. The molecule has 0 fully saturated rings. The van der Waals surface area contributed by atoms with Crippen molar-refractivity contribution in [1.29, 1.82) is 0 Å². The second-order valence-electron chi connectivity index (χ2n) is 4.27. The molecule has 0 saturated carbocycles. The Morgan fingerprint density at radius 3 is 2.24 bits per heavy atom. The molecule has 110 valence electrons. The van der Waals surface area contributed by atoms with Crippen molar-refractivity contribution in [3.63, 3.8) is 0 Å². The van der Waals surface area contributed by atoms with E-state index < -0.39 is 29.2 Å². The lowest BCUT2D eigenvalue weighted by Crippen LogP contribution is -2.31. The number of benzene rings is 2. The maximum atomic E-state index is 13.6. The molecule has 0 aliphatic carbocycles. The van der Waals surface area contributed by atoms with Crippen molar-refractivity contribution >= 4 is 11.6 Å². The number of carbonyl (C=O) groups is 1. The molecule has 0 atom stereocenters. The van der Waals surface area contributed by atoms with Crippen molar-refractivity contribution < 1.29 is 22.4 Å². The molecule has 1 amide bonds. The van der Waals surface area contributed by atoms with Crippen LogP contribution in [0.4, 0.5) is 23.2 Å². The minimum atomic E-state index is -1.11. The van der Waals surface area contributed by atoms with E-state index >= 15 is 0 Å². The number of amides is 1. The third-order valence-electron chi connectivity index (χ3n) is 2.94. The lowest BCUT2D eigenvalue weighted by atomic mass is 10.1. The normalized spacial score (nSPS) is 10.5. The van der Waals surface area contributed by atoms with Gasteiger partial charge in [-0.3, -0.25) is 4.79 Å². The molecule has 0 N–H and O–H groups in total. The number of halogens is 4. The van der Waals surface area contributed by atoms with Crippen LogP contribution in [0.5, 0.6) is 0 Å². The topological polar surface area (TPSA) is 20.3 Å². The highest BCUT2D eigenvalue weighted by atomic mass is 19.2. The van der Waals surface area contributed by atoms with Gasteiger partial charge >= 0.3 is 0 Å². The average Bonchev–Trinajstić information content (AvgIpc) is 2.43. The Morgan fingerprint density at radius 1 is 0.952 bits per heavy atom. The molecule has 0 aromatic heterocycles. The monoisotopic (exact) mass is 297 g/mol. The summed E-state index contributed by atoms with van der Waals surface area (Å²) in [6.45, 7) is 1.71. The van der Waals surface area contributed by atoms with Crippen LogP contribution < -0.4 is 4.90 Å². The summed E-state index contributed by atoms with van der Waals surface area (Å²) in [6, 6.07) is 5.48. The Balaban J connectivity index is 2.40. The van der Waals surface area contributed by atoms with E-state index in [0.717, 1.165) is 29.2 Å². The van der Waals surface area contributed by atoms with Crippen LogP contribution in [0.3, 0.4) is 0 Å². The fourth-order valence-corrected chi connectivity index (χ4v) is 1.90. The molecule has 0 saturated heterocycles. The fraction of sp³-hybridized carbons (Fsp3) is 0.133. The summed E-state index contributed by atoms with van der Waals surface area (Å²) in [5.41, 5.74) is -0.256. The SMILES string of the molecule is CCN(C(=O)c1ccc(F)cc1F)c1ccc(F)c(F)c1. The Bertz CT molecular complexity index is 687. The molecule has 0 aliphatic rings. The van der Waals surface area contributed by atoms with Gasteiger partial charge in [0.25, 0.3) is 5.91 Å². The Hall–Kier alpha value is -2.37. The van der Waals surface area contributed by atoms with Gasteiger partial charge < -0.3 is 4.90 Å². The largest absolute Gasteiger partial charge is 0.308 e. The highest BCUT2D eigenvalue weighted by Crippen LogP contribution is 2.21. The van der Waals surface area contributed by atoms with Crippen LogP contribution in [-0.4, -0.2) is 12.5 Å². The van der Waals surface area contributed by atoms with Gasteiger partial charge in [-0.25, -0.2) is 17.6 Å². The molecular weight excluding hydrogens is 286 g/mol. The first kappa shape index (κ1) is 15.0. The molecule has 21 heavy (non-hydrogen) atoms. The van der Waals surface area contributed by atoms with Gasteiger partial charge in [0.1, 0.15) is 11.6 Å². The highest BCUT2D eigenvalue weighted by molar-refractivity contribution is 6.06. The van der Waals surface area contributed by atoms with Crippen LogP contribution >= 0.6 is 0 Å². The van der Waals surface area contributed by atoms with Gasteiger partial charge in [0.05, 0.1) is 5.56 Å². The minimum Gasteiger partial charge on any atom is -0.308 e. The molecule has 0 aliphatic heterocycles. The summed E-state index contributed by atoms with van der Waals surface area (Å²) in [5.74, 6) is -4.74. The number of nitrogens with zero attached hydrogens (tertiary/aromatic N) is 1. The lowest BCUT2D eigenvalue weighted by Gasteiger charge is -2.21. The van der Waals surface area contributed by atoms with Crippen LogP contribution in [0.1, 0.15) is 17.3 Å². The zero-order valence-corrected chi connectivity index (χ0v) is 11.0. The van der Waals surface area contributed by atoms with Gasteiger partial charge in [0.15, 0.2) is 11.6 Å². The van der Waals surface area contributed by atoms with Crippen molar-refractivity contribution in [2.75, 3.05) is 11.4 Å². The zero-order chi connectivity index (χ0) is 15.6. The van der Waals surface area contributed by atoms with E-state index in [1.165, 1.54) is 6.07 Å². The maximum absolute atomic E-state index is 13.6. The van der Waals surface area contributed by atoms with Crippen molar-refractivity contribution in [3.05, 3.63) is 65.2 Å². The summed E-state index contributed by atoms with van der Waals surface area (Å²) < 4.78 is 52.6. The molecule has 2 nitrogen and oxygen atoms in total. The van der Waals surface area contributed by atoms with Gasteiger partial charge in [-0.2, -0.15) is 0 Å². The molecule has 2 aromatic carbocycles. The second-order valence-corrected chi connectivity index (χ2v) is 4.27. The predicted octanol–water partition coefficient (Wildman–Crippen LogP) is 3.91. The smallest absolute Gasteiger partial charge is 0.261 e. The molecule has 0 spiro atoms. The Labute approximate surface area is 118 Å². The van der Waals surface area contributed by atoms with Crippen LogP contribution in [0.15, 0.2) is 36.4 Å². The van der Waals surface area contributed by atoms with Crippen LogP contribution in [0, 0.1) is 23.3 Å². The molecule has 2 rings (SSSR count). The summed E-state index contributed by atoms with van der Waals surface area (Å²) in [4.78, 5) is 13.3. The second kappa shape index (κ2) is 5.95. The Morgan fingerprint density at radius 2 is 1.67 bits per heavy atom. The van der Waals surface area contributed by atoms with Crippen molar-refractivity contribution in [2.24, 2.45) is 0 Å². The van der Waals surface area contributed by atoms with Gasteiger partial charge in [-0.05, 0) is 31.2 Å². The number of anilines is 1. The number of hydrogen-bond acceptors (Lipinski definition) is 1. The van der Waals surface area contributed by atoms with E-state index in [0.29, 0.717) is 6.07 Å². The van der Waals surface area contributed by atoms with Crippen molar-refractivity contribution in [2.45, 2.75) is 6.92 Å². The van der Waals surface area contributed by atoms with Crippen LogP contribution in [-0.2, 0) is 0 Å². The van der Waals surface area contributed by atoms with Crippen molar-refractivity contribution in [1.82, 2.24) is 0 Å². The first-order valence-corrected chi connectivity index (χ1v) is 6.16. The quantitative estimate of drug-likeness (QED) is 0.787. The first-order chi connectivity index (χ1) is 9.93. The predicted molar refractivity (Wildman–Crippen MR) is 70.1 cm³/mol. The van der Waals surface area contributed by atoms with Gasteiger partial charge in [-0.15, -0.1) is 0 Å². The summed E-state index contributed by atoms with van der Waals surface area (Å²) >= 11 is 0. The van der Waals surface area contributed by atoms with Crippen molar-refractivity contribution in [3.8, 4) is 0 Å². The highest BCUT2D eigenvalue weighted by Gasteiger charge is 2.20. The third kappa shape index (κ3) is 3.04. The van der Waals surface area contributed by atoms with E-state index in [1.54, 1.807) is 6.92 Å². The summed E-state index contributed by atoms with van der Waals surface area (Å²) in [7, 11) is 0. The van der Waals surface area contributed by atoms with Gasteiger partial charge in [0, 0.05) is 24.4 Å². The number of hydrogen-bond donors (Lipinski definition) is 0. The molecule has 0 heterocycles. The van der Waals surface area contributed by atoms with Gasteiger partial charge in [-0.1, -0.05) is 0 Å². The molecular formula is C15H11F4NO. The molecule has 6 heteroatoms. The zero-order valence-electron chi connectivity index (χ0n) is 11.0. The van der Waals surface area contributed by atoms with E-state index in [1.807, 2.05) is 0 Å². The van der Waals surface area contributed by atoms with Gasteiger partial charge in [0.2, 0.25) is 0 Å². The van der Waals surface area contributed by atoms with Crippen LogP contribution in [0.2, 0.25) is 0 Å². The molecule has 0 unspecified atom stereocenters. The molecule has 0 radical (unpaired) electrons. The summed E-state index contributed by atoms with van der Waals surface area (Å²) in [6.07, 6.45) is 0. The standard InChI is InChI=1S/C15H11F4NO/c1-2-20(10-4-6-12(17)14(19)8-10)15(21)11-5-3-9(16)7-13(11)18/h3-8H,2H2,1H3. The Kier molecular flexibility index (Phi) is 4.26. The maximum Gasteiger partial charge on any atom is 0.261 e. The molecule has 2 aromatic rings. The molecule has 0 bridgehead atoms. The number of carbonyl (C=O) groups excluding carboxylic acids is 1. The first-order valence-electron chi connectivity index (χ1n) is 6.16.